The van der Waals surface area contributed by atoms with Gasteiger partial charge in [-0.25, -0.2) is 9.78 Å². The molecule has 0 aliphatic carbocycles. The van der Waals surface area contributed by atoms with E-state index in [1.807, 2.05) is 13.8 Å². The molecular weight excluding hydrogens is 348 g/mol. The molecule has 1 fully saturated rings. The molecule has 2 heterocycles. The first kappa shape index (κ1) is 20.7. The highest BCUT2D eigenvalue weighted by molar-refractivity contribution is 5.96. The zero-order valence-electron chi connectivity index (χ0n) is 16.2. The molecule has 1 aromatic rings. The molecule has 0 bridgehead atoms. The molecule has 8 heteroatoms. The molecule has 0 atom stereocenters. The van der Waals surface area contributed by atoms with Gasteiger partial charge in [0, 0.05) is 32.2 Å². The summed E-state index contributed by atoms with van der Waals surface area (Å²) in [6.07, 6.45) is 0.997. The van der Waals surface area contributed by atoms with Crippen LogP contribution in [0.15, 0.2) is 18.2 Å². The highest BCUT2D eigenvalue weighted by Gasteiger charge is 2.25. The number of amides is 3. The SMILES string of the molecule is CCOC(=O)N1CCC(NC(=O)c2cccc(C(=O)N(CC)CC)n2)CC1. The summed E-state index contributed by atoms with van der Waals surface area (Å²) in [5, 5.41) is 2.94. The largest absolute Gasteiger partial charge is 0.450 e. The molecule has 148 valence electrons. The van der Waals surface area contributed by atoms with Gasteiger partial charge >= 0.3 is 6.09 Å². The maximum atomic E-state index is 12.5. The normalized spacial score (nSPS) is 14.6. The molecule has 1 N–H and O–H groups in total. The smallest absolute Gasteiger partial charge is 0.409 e. The van der Waals surface area contributed by atoms with Crippen molar-refractivity contribution in [3.63, 3.8) is 0 Å². The zero-order chi connectivity index (χ0) is 19.8. The number of aromatic nitrogens is 1. The van der Waals surface area contributed by atoms with Crippen molar-refractivity contribution >= 4 is 17.9 Å². The number of pyridine rings is 1. The molecule has 1 aliphatic rings. The third-order valence-corrected chi connectivity index (χ3v) is 4.61. The van der Waals surface area contributed by atoms with Crippen LogP contribution in [0.2, 0.25) is 0 Å². The van der Waals surface area contributed by atoms with Crippen molar-refractivity contribution in [1.82, 2.24) is 20.1 Å². The second-order valence-electron chi connectivity index (χ2n) is 6.32. The maximum Gasteiger partial charge on any atom is 0.409 e. The fraction of sp³-hybridized carbons (Fsp3) is 0.579. The zero-order valence-corrected chi connectivity index (χ0v) is 16.2. The molecule has 0 aromatic carbocycles. The van der Waals surface area contributed by atoms with E-state index in [9.17, 15) is 14.4 Å². The van der Waals surface area contributed by atoms with Crippen LogP contribution in [0.1, 0.15) is 54.6 Å². The van der Waals surface area contributed by atoms with Gasteiger partial charge in [0.05, 0.1) is 6.61 Å². The Bertz CT molecular complexity index is 667. The lowest BCUT2D eigenvalue weighted by Crippen LogP contribution is -2.46. The van der Waals surface area contributed by atoms with Crippen molar-refractivity contribution < 1.29 is 19.1 Å². The Labute approximate surface area is 159 Å². The molecule has 27 heavy (non-hydrogen) atoms. The summed E-state index contributed by atoms with van der Waals surface area (Å²) in [4.78, 5) is 44.2. The number of likely N-dealkylation sites (tertiary alicyclic amines) is 1. The van der Waals surface area contributed by atoms with Gasteiger partial charge in [-0.1, -0.05) is 6.07 Å². The van der Waals surface area contributed by atoms with Crippen molar-refractivity contribution in [3.8, 4) is 0 Å². The number of nitrogens with one attached hydrogen (secondary N) is 1. The van der Waals surface area contributed by atoms with Crippen molar-refractivity contribution in [3.05, 3.63) is 29.6 Å². The summed E-state index contributed by atoms with van der Waals surface area (Å²) in [5.74, 6) is -0.490. The predicted octanol–water partition coefficient (Wildman–Crippen LogP) is 1.91. The molecule has 0 unspecified atom stereocenters. The Morgan fingerprint density at radius 3 is 2.37 bits per heavy atom. The number of hydrogen-bond acceptors (Lipinski definition) is 5. The number of hydrogen-bond donors (Lipinski definition) is 1. The van der Waals surface area contributed by atoms with Gasteiger partial charge in [0.2, 0.25) is 0 Å². The molecule has 1 saturated heterocycles. The molecule has 0 spiro atoms. The molecule has 1 aromatic heterocycles. The number of piperidine rings is 1. The molecule has 8 nitrogen and oxygen atoms in total. The minimum atomic E-state index is -0.313. The summed E-state index contributed by atoms with van der Waals surface area (Å²) in [7, 11) is 0. The fourth-order valence-electron chi connectivity index (χ4n) is 3.03. The summed E-state index contributed by atoms with van der Waals surface area (Å²) < 4.78 is 4.99. The van der Waals surface area contributed by atoms with Crippen LogP contribution in [-0.4, -0.2) is 71.5 Å². The van der Waals surface area contributed by atoms with E-state index in [1.54, 1.807) is 34.9 Å². The van der Waals surface area contributed by atoms with Crippen molar-refractivity contribution in [2.24, 2.45) is 0 Å². The minimum Gasteiger partial charge on any atom is -0.450 e. The Hall–Kier alpha value is -2.64. The standard InChI is InChI=1S/C19H28N4O4/c1-4-22(5-2)18(25)16-9-7-8-15(21-16)17(24)20-14-10-12-23(13-11-14)19(26)27-6-3/h7-9,14H,4-6,10-13H2,1-3H3,(H,20,24). The number of nitrogens with zero attached hydrogens (tertiary/aromatic N) is 3. The van der Waals surface area contributed by atoms with E-state index in [0.29, 0.717) is 45.6 Å². The lowest BCUT2D eigenvalue weighted by atomic mass is 10.1. The van der Waals surface area contributed by atoms with Crippen LogP contribution in [0.25, 0.3) is 0 Å². The highest BCUT2D eigenvalue weighted by Crippen LogP contribution is 2.12. The first-order chi connectivity index (χ1) is 13.0. The highest BCUT2D eigenvalue weighted by atomic mass is 16.6. The summed E-state index contributed by atoms with van der Waals surface area (Å²) >= 11 is 0. The molecule has 0 saturated carbocycles. The van der Waals surface area contributed by atoms with E-state index >= 15 is 0 Å². The molecule has 1 aliphatic heterocycles. The fourth-order valence-corrected chi connectivity index (χ4v) is 3.03. The van der Waals surface area contributed by atoms with Gasteiger partial charge in [-0.05, 0) is 45.7 Å². The van der Waals surface area contributed by atoms with Gasteiger partial charge in [0.25, 0.3) is 11.8 Å². The van der Waals surface area contributed by atoms with Crippen LogP contribution < -0.4 is 5.32 Å². The van der Waals surface area contributed by atoms with Gasteiger partial charge in [0.15, 0.2) is 0 Å². The van der Waals surface area contributed by atoms with Gasteiger partial charge in [-0.15, -0.1) is 0 Å². The first-order valence-electron chi connectivity index (χ1n) is 9.49. The van der Waals surface area contributed by atoms with E-state index in [4.69, 9.17) is 4.74 Å². The van der Waals surface area contributed by atoms with E-state index in [1.165, 1.54) is 0 Å². The molecular formula is C19H28N4O4. The quantitative estimate of drug-likeness (QED) is 0.819. The van der Waals surface area contributed by atoms with Crippen LogP contribution >= 0.6 is 0 Å². The lowest BCUT2D eigenvalue weighted by Gasteiger charge is -2.31. The van der Waals surface area contributed by atoms with E-state index < -0.39 is 0 Å². The van der Waals surface area contributed by atoms with Crippen molar-refractivity contribution in [2.45, 2.75) is 39.7 Å². The molecule has 0 radical (unpaired) electrons. The number of ether oxygens (including phenoxy) is 1. The summed E-state index contributed by atoms with van der Waals surface area (Å²) in [5.41, 5.74) is 0.490. The average molecular weight is 376 g/mol. The minimum absolute atomic E-state index is 0.0351. The Kier molecular flexibility index (Phi) is 7.57. The number of carbonyl (C=O) groups is 3. The van der Waals surface area contributed by atoms with E-state index in [-0.39, 0.29) is 35.3 Å². The van der Waals surface area contributed by atoms with Gasteiger partial charge in [-0.2, -0.15) is 0 Å². The summed E-state index contributed by atoms with van der Waals surface area (Å²) in [6, 6.07) is 4.85. The third-order valence-electron chi connectivity index (χ3n) is 4.61. The number of carbonyl (C=O) groups excluding carboxylic acids is 3. The Morgan fingerprint density at radius 1 is 1.15 bits per heavy atom. The summed E-state index contributed by atoms with van der Waals surface area (Å²) in [6.45, 7) is 8.19. The monoisotopic (exact) mass is 376 g/mol. The average Bonchev–Trinajstić information content (AvgIpc) is 2.69. The lowest BCUT2D eigenvalue weighted by molar-refractivity contribution is 0.0767. The van der Waals surface area contributed by atoms with E-state index in [0.717, 1.165) is 0 Å². The van der Waals surface area contributed by atoms with Gasteiger partial charge in [-0.3, -0.25) is 9.59 Å². The van der Waals surface area contributed by atoms with Crippen molar-refractivity contribution in [1.29, 1.82) is 0 Å². The second-order valence-corrected chi connectivity index (χ2v) is 6.32. The van der Waals surface area contributed by atoms with Crippen LogP contribution in [0.4, 0.5) is 4.79 Å². The Morgan fingerprint density at radius 2 is 1.78 bits per heavy atom. The van der Waals surface area contributed by atoms with Crippen LogP contribution in [0, 0.1) is 0 Å². The van der Waals surface area contributed by atoms with Crippen LogP contribution in [0.5, 0.6) is 0 Å². The third kappa shape index (κ3) is 5.42. The van der Waals surface area contributed by atoms with Crippen LogP contribution in [-0.2, 0) is 4.74 Å². The van der Waals surface area contributed by atoms with Crippen molar-refractivity contribution in [2.75, 3.05) is 32.8 Å². The second kappa shape index (κ2) is 9.89. The van der Waals surface area contributed by atoms with Gasteiger partial charge in [0.1, 0.15) is 11.4 Å². The van der Waals surface area contributed by atoms with E-state index in [2.05, 4.69) is 10.3 Å². The molecule has 2 rings (SSSR count). The topological polar surface area (TPSA) is 91.8 Å². The van der Waals surface area contributed by atoms with Crippen LogP contribution in [0.3, 0.4) is 0 Å². The Balaban J connectivity index is 1.94. The van der Waals surface area contributed by atoms with Gasteiger partial charge < -0.3 is 19.9 Å². The predicted molar refractivity (Wildman–Crippen MR) is 101 cm³/mol. The maximum absolute atomic E-state index is 12.5. The molecule has 3 amide bonds. The number of rotatable bonds is 6. The first-order valence-corrected chi connectivity index (χ1v) is 9.49.